The smallest absolute Gasteiger partial charge is 0.132 e. The standard InChI is InChI=1S/C16H19ClFN3/c1-2-21-15(19)14(12-9-11(17)7-8-13(12)18)20-16(21)10-5-3-4-6-10/h7-10H,2-6,19H2,1H3. The van der Waals surface area contributed by atoms with E-state index >= 15 is 0 Å². The summed E-state index contributed by atoms with van der Waals surface area (Å²) in [6, 6.07) is 4.48. The number of anilines is 1. The number of benzene rings is 1. The lowest BCUT2D eigenvalue weighted by molar-refractivity contribution is 0.604. The Morgan fingerprint density at radius 3 is 2.76 bits per heavy atom. The van der Waals surface area contributed by atoms with E-state index in [0.717, 1.165) is 25.2 Å². The number of hydrogen-bond donors (Lipinski definition) is 1. The molecule has 21 heavy (non-hydrogen) atoms. The quantitative estimate of drug-likeness (QED) is 0.900. The zero-order valence-electron chi connectivity index (χ0n) is 12.1. The molecule has 1 fully saturated rings. The highest BCUT2D eigenvalue weighted by Crippen LogP contribution is 2.38. The van der Waals surface area contributed by atoms with Crippen molar-refractivity contribution in [3.63, 3.8) is 0 Å². The topological polar surface area (TPSA) is 43.8 Å². The minimum Gasteiger partial charge on any atom is -0.383 e. The molecule has 0 aliphatic heterocycles. The van der Waals surface area contributed by atoms with E-state index < -0.39 is 0 Å². The second-order valence-corrected chi connectivity index (χ2v) is 5.99. The second kappa shape index (κ2) is 5.68. The molecule has 0 unspecified atom stereocenters. The third-order valence-electron chi connectivity index (χ3n) is 4.26. The summed E-state index contributed by atoms with van der Waals surface area (Å²) in [6.45, 7) is 2.78. The third kappa shape index (κ3) is 2.53. The van der Waals surface area contributed by atoms with E-state index in [4.69, 9.17) is 17.3 Å². The Morgan fingerprint density at radius 2 is 2.10 bits per heavy atom. The van der Waals surface area contributed by atoms with Crippen molar-refractivity contribution in [3.05, 3.63) is 34.9 Å². The van der Waals surface area contributed by atoms with E-state index in [9.17, 15) is 4.39 Å². The van der Waals surface area contributed by atoms with Gasteiger partial charge in [0.1, 0.15) is 23.2 Å². The van der Waals surface area contributed by atoms with Gasteiger partial charge in [-0.15, -0.1) is 0 Å². The molecule has 0 spiro atoms. The number of imidazole rings is 1. The molecule has 0 radical (unpaired) electrons. The maximum Gasteiger partial charge on any atom is 0.132 e. The highest BCUT2D eigenvalue weighted by atomic mass is 35.5. The van der Waals surface area contributed by atoms with Crippen molar-refractivity contribution in [1.29, 1.82) is 0 Å². The fourth-order valence-corrected chi connectivity index (χ4v) is 3.36. The Morgan fingerprint density at radius 1 is 1.38 bits per heavy atom. The molecule has 2 N–H and O–H groups in total. The van der Waals surface area contributed by atoms with Gasteiger partial charge in [0.15, 0.2) is 0 Å². The highest BCUT2D eigenvalue weighted by Gasteiger charge is 2.26. The third-order valence-corrected chi connectivity index (χ3v) is 4.49. The summed E-state index contributed by atoms with van der Waals surface area (Å²) in [5, 5.41) is 0.485. The Kier molecular flexibility index (Phi) is 3.89. The molecule has 2 aromatic rings. The first-order valence-corrected chi connectivity index (χ1v) is 7.81. The predicted molar refractivity (Wildman–Crippen MR) is 83.9 cm³/mol. The van der Waals surface area contributed by atoms with Gasteiger partial charge < -0.3 is 10.3 Å². The van der Waals surface area contributed by atoms with Crippen LogP contribution in [0.1, 0.15) is 44.3 Å². The summed E-state index contributed by atoms with van der Waals surface area (Å²) in [4.78, 5) is 4.67. The van der Waals surface area contributed by atoms with Crippen LogP contribution in [0.2, 0.25) is 5.02 Å². The van der Waals surface area contributed by atoms with Gasteiger partial charge in [0, 0.05) is 23.0 Å². The van der Waals surface area contributed by atoms with Crippen LogP contribution < -0.4 is 5.73 Å². The number of hydrogen-bond acceptors (Lipinski definition) is 2. The Balaban J connectivity index is 2.12. The van der Waals surface area contributed by atoms with Crippen LogP contribution in [0.5, 0.6) is 0 Å². The molecular weight excluding hydrogens is 289 g/mol. The Labute approximate surface area is 128 Å². The molecule has 3 nitrogen and oxygen atoms in total. The van der Waals surface area contributed by atoms with Crippen molar-refractivity contribution in [3.8, 4) is 11.3 Å². The number of halogens is 2. The zero-order chi connectivity index (χ0) is 15.0. The highest BCUT2D eigenvalue weighted by molar-refractivity contribution is 6.30. The van der Waals surface area contributed by atoms with Gasteiger partial charge in [0.05, 0.1) is 0 Å². The number of nitrogen functional groups attached to an aromatic ring is 1. The number of rotatable bonds is 3. The van der Waals surface area contributed by atoms with E-state index in [1.165, 1.54) is 25.0 Å². The molecule has 1 aromatic carbocycles. The SMILES string of the molecule is CCn1c(C2CCCC2)nc(-c2cc(Cl)ccc2F)c1N. The number of nitrogens with two attached hydrogens (primary N) is 1. The van der Waals surface area contributed by atoms with Crippen LogP contribution >= 0.6 is 11.6 Å². The minimum absolute atomic E-state index is 0.343. The molecule has 1 aromatic heterocycles. The van der Waals surface area contributed by atoms with Crippen LogP contribution in [-0.4, -0.2) is 9.55 Å². The van der Waals surface area contributed by atoms with Gasteiger partial charge in [-0.2, -0.15) is 0 Å². The summed E-state index contributed by atoms with van der Waals surface area (Å²) >= 11 is 5.98. The molecule has 1 saturated carbocycles. The normalized spacial score (nSPS) is 15.8. The summed E-state index contributed by atoms with van der Waals surface area (Å²) in [5.74, 6) is 1.61. The lowest BCUT2D eigenvalue weighted by Gasteiger charge is -2.11. The van der Waals surface area contributed by atoms with Gasteiger partial charge in [-0.25, -0.2) is 9.37 Å². The molecule has 0 atom stereocenters. The number of aromatic nitrogens is 2. The monoisotopic (exact) mass is 307 g/mol. The van der Waals surface area contributed by atoms with Crippen LogP contribution in [0.4, 0.5) is 10.2 Å². The fourth-order valence-electron chi connectivity index (χ4n) is 3.19. The van der Waals surface area contributed by atoms with Gasteiger partial charge in [-0.05, 0) is 38.0 Å². The molecule has 0 amide bonds. The molecule has 1 aliphatic carbocycles. The van der Waals surface area contributed by atoms with Crippen molar-refractivity contribution in [2.45, 2.75) is 45.1 Å². The van der Waals surface area contributed by atoms with Crippen molar-refractivity contribution >= 4 is 17.4 Å². The van der Waals surface area contributed by atoms with E-state index in [-0.39, 0.29) is 5.82 Å². The first-order chi connectivity index (χ1) is 10.1. The molecule has 1 heterocycles. The molecule has 3 rings (SSSR count). The van der Waals surface area contributed by atoms with Crippen LogP contribution in [0.25, 0.3) is 11.3 Å². The zero-order valence-corrected chi connectivity index (χ0v) is 12.8. The molecule has 5 heteroatoms. The van der Waals surface area contributed by atoms with Gasteiger partial charge in [0.25, 0.3) is 0 Å². The van der Waals surface area contributed by atoms with E-state index in [1.807, 2.05) is 11.5 Å². The first kappa shape index (κ1) is 14.4. The van der Waals surface area contributed by atoms with E-state index in [2.05, 4.69) is 4.98 Å². The van der Waals surface area contributed by atoms with Gasteiger partial charge in [-0.1, -0.05) is 24.4 Å². The largest absolute Gasteiger partial charge is 0.383 e. The second-order valence-electron chi connectivity index (χ2n) is 5.55. The fraction of sp³-hybridized carbons (Fsp3) is 0.438. The molecule has 0 bridgehead atoms. The predicted octanol–water partition coefficient (Wildman–Crippen LogP) is 4.60. The van der Waals surface area contributed by atoms with Crippen LogP contribution in [0.3, 0.4) is 0 Å². The molecule has 1 aliphatic rings. The Bertz CT molecular complexity index is 660. The van der Waals surface area contributed by atoms with Crippen molar-refractivity contribution in [1.82, 2.24) is 9.55 Å². The average molecular weight is 308 g/mol. The molecule has 0 saturated heterocycles. The Hall–Kier alpha value is -1.55. The summed E-state index contributed by atoms with van der Waals surface area (Å²) in [7, 11) is 0. The van der Waals surface area contributed by atoms with Gasteiger partial charge >= 0.3 is 0 Å². The van der Waals surface area contributed by atoms with Crippen LogP contribution in [-0.2, 0) is 6.54 Å². The molecular formula is C16H19ClFN3. The van der Waals surface area contributed by atoms with Gasteiger partial charge in [-0.3, -0.25) is 0 Å². The minimum atomic E-state index is -0.343. The summed E-state index contributed by atoms with van der Waals surface area (Å²) < 4.78 is 16.1. The van der Waals surface area contributed by atoms with E-state index in [0.29, 0.717) is 28.0 Å². The summed E-state index contributed by atoms with van der Waals surface area (Å²) in [6.07, 6.45) is 4.71. The van der Waals surface area contributed by atoms with Crippen molar-refractivity contribution in [2.75, 3.05) is 5.73 Å². The van der Waals surface area contributed by atoms with Gasteiger partial charge in [0.2, 0.25) is 0 Å². The van der Waals surface area contributed by atoms with E-state index in [1.54, 1.807) is 6.07 Å². The molecule has 112 valence electrons. The van der Waals surface area contributed by atoms with Crippen molar-refractivity contribution in [2.24, 2.45) is 0 Å². The van der Waals surface area contributed by atoms with Crippen LogP contribution in [0.15, 0.2) is 18.2 Å². The summed E-state index contributed by atoms with van der Waals surface area (Å²) in [5.41, 5.74) is 7.12. The first-order valence-electron chi connectivity index (χ1n) is 7.43. The lowest BCUT2D eigenvalue weighted by atomic mass is 10.1. The van der Waals surface area contributed by atoms with Crippen molar-refractivity contribution < 1.29 is 4.39 Å². The maximum atomic E-state index is 14.1. The van der Waals surface area contributed by atoms with Crippen LogP contribution in [0, 0.1) is 5.82 Å². The lowest BCUT2D eigenvalue weighted by Crippen LogP contribution is -2.08. The number of nitrogens with zero attached hydrogens (tertiary/aromatic N) is 2. The average Bonchev–Trinajstić information content (AvgIpc) is 3.09. The maximum absolute atomic E-state index is 14.1.